The first-order valence-electron chi connectivity index (χ1n) is 7.70. The third-order valence-corrected chi connectivity index (χ3v) is 4.20. The highest BCUT2D eigenvalue weighted by Gasteiger charge is 2.24. The summed E-state index contributed by atoms with van der Waals surface area (Å²) in [5.41, 5.74) is 1.19. The highest BCUT2D eigenvalue weighted by molar-refractivity contribution is 5.03. The lowest BCUT2D eigenvalue weighted by Gasteiger charge is -2.36. The predicted octanol–water partition coefficient (Wildman–Crippen LogP) is 2.82. The molecule has 0 aliphatic heterocycles. The third kappa shape index (κ3) is 4.29. The molecule has 0 saturated heterocycles. The van der Waals surface area contributed by atoms with E-state index in [9.17, 15) is 0 Å². The van der Waals surface area contributed by atoms with E-state index in [0.29, 0.717) is 0 Å². The molecule has 2 rings (SSSR count). The second-order valence-electron chi connectivity index (χ2n) is 5.45. The van der Waals surface area contributed by atoms with Crippen molar-refractivity contribution in [3.63, 3.8) is 0 Å². The van der Waals surface area contributed by atoms with Gasteiger partial charge < -0.3 is 5.32 Å². The Hall–Kier alpha value is -0.930. The van der Waals surface area contributed by atoms with Crippen molar-refractivity contribution in [3.05, 3.63) is 30.1 Å². The molecule has 1 aromatic heterocycles. The molecule has 0 spiro atoms. The lowest BCUT2D eigenvalue weighted by molar-refractivity contribution is 0.142. The fourth-order valence-corrected chi connectivity index (χ4v) is 3.13. The van der Waals surface area contributed by atoms with Gasteiger partial charge in [-0.2, -0.15) is 0 Å². The van der Waals surface area contributed by atoms with Crippen molar-refractivity contribution >= 4 is 0 Å². The van der Waals surface area contributed by atoms with Crippen LogP contribution in [0.1, 0.15) is 45.2 Å². The number of aromatic nitrogens is 1. The molecular formula is C16H27N3. The van der Waals surface area contributed by atoms with Crippen LogP contribution in [-0.2, 0) is 6.54 Å². The van der Waals surface area contributed by atoms with Crippen LogP contribution in [0.25, 0.3) is 0 Å². The standard InChI is InChI=1S/C16H27N3/c1-3-17-14-8-10-16(11-9-14)19(4-2)13-15-7-5-6-12-18-15/h5-7,12,14,16-17H,3-4,8-11,13H2,1-2H3. The van der Waals surface area contributed by atoms with Crippen LogP contribution in [0.15, 0.2) is 24.4 Å². The molecule has 1 aliphatic carbocycles. The Morgan fingerprint density at radius 2 is 2.00 bits per heavy atom. The van der Waals surface area contributed by atoms with Crippen LogP contribution in [0.2, 0.25) is 0 Å². The minimum Gasteiger partial charge on any atom is -0.314 e. The maximum Gasteiger partial charge on any atom is 0.0544 e. The van der Waals surface area contributed by atoms with E-state index in [2.05, 4.69) is 41.2 Å². The van der Waals surface area contributed by atoms with E-state index in [1.54, 1.807) is 0 Å². The van der Waals surface area contributed by atoms with Gasteiger partial charge in [-0.1, -0.05) is 19.9 Å². The van der Waals surface area contributed by atoms with E-state index in [0.717, 1.165) is 31.7 Å². The van der Waals surface area contributed by atoms with Crippen LogP contribution < -0.4 is 5.32 Å². The number of rotatable bonds is 6. The number of nitrogens with zero attached hydrogens (tertiary/aromatic N) is 2. The molecule has 1 saturated carbocycles. The molecule has 3 nitrogen and oxygen atoms in total. The van der Waals surface area contributed by atoms with Crippen molar-refractivity contribution in [2.24, 2.45) is 0 Å². The largest absolute Gasteiger partial charge is 0.314 e. The smallest absolute Gasteiger partial charge is 0.0544 e. The van der Waals surface area contributed by atoms with Crippen LogP contribution >= 0.6 is 0 Å². The van der Waals surface area contributed by atoms with Gasteiger partial charge in [0, 0.05) is 24.8 Å². The molecule has 19 heavy (non-hydrogen) atoms. The average Bonchev–Trinajstić information content (AvgIpc) is 2.47. The lowest BCUT2D eigenvalue weighted by Crippen LogP contribution is -2.42. The molecule has 0 unspecified atom stereocenters. The summed E-state index contributed by atoms with van der Waals surface area (Å²) in [6, 6.07) is 7.68. The fraction of sp³-hybridized carbons (Fsp3) is 0.688. The van der Waals surface area contributed by atoms with E-state index in [1.807, 2.05) is 12.3 Å². The Kier molecular flexibility index (Phi) is 5.80. The van der Waals surface area contributed by atoms with Crippen molar-refractivity contribution in [3.8, 4) is 0 Å². The van der Waals surface area contributed by atoms with Gasteiger partial charge in [-0.05, 0) is 50.9 Å². The van der Waals surface area contributed by atoms with E-state index in [4.69, 9.17) is 0 Å². The Morgan fingerprint density at radius 3 is 2.58 bits per heavy atom. The summed E-state index contributed by atoms with van der Waals surface area (Å²) in [7, 11) is 0. The van der Waals surface area contributed by atoms with Gasteiger partial charge in [-0.25, -0.2) is 0 Å². The van der Waals surface area contributed by atoms with Crippen molar-refractivity contribution < 1.29 is 0 Å². The summed E-state index contributed by atoms with van der Waals surface area (Å²) >= 11 is 0. The van der Waals surface area contributed by atoms with Crippen molar-refractivity contribution in [1.82, 2.24) is 15.2 Å². The molecule has 1 N–H and O–H groups in total. The topological polar surface area (TPSA) is 28.2 Å². The zero-order valence-corrected chi connectivity index (χ0v) is 12.3. The molecule has 0 bridgehead atoms. The van der Waals surface area contributed by atoms with Gasteiger partial charge in [0.1, 0.15) is 0 Å². The quantitative estimate of drug-likeness (QED) is 0.853. The number of hydrogen-bond donors (Lipinski definition) is 1. The normalized spacial score (nSPS) is 23.7. The van der Waals surface area contributed by atoms with Crippen molar-refractivity contribution in [1.29, 1.82) is 0 Å². The lowest BCUT2D eigenvalue weighted by atomic mass is 9.90. The van der Waals surface area contributed by atoms with E-state index < -0.39 is 0 Å². The molecule has 1 aliphatic rings. The SMILES string of the molecule is CCNC1CCC(N(CC)Cc2ccccn2)CC1. The van der Waals surface area contributed by atoms with Gasteiger partial charge in [0.25, 0.3) is 0 Å². The zero-order chi connectivity index (χ0) is 13.5. The Bertz CT molecular complexity index is 344. The first-order valence-corrected chi connectivity index (χ1v) is 7.70. The number of nitrogens with one attached hydrogen (secondary N) is 1. The molecule has 1 fully saturated rings. The number of pyridine rings is 1. The van der Waals surface area contributed by atoms with Gasteiger partial charge in [-0.3, -0.25) is 9.88 Å². The van der Waals surface area contributed by atoms with Crippen LogP contribution in [-0.4, -0.2) is 35.1 Å². The maximum absolute atomic E-state index is 4.45. The van der Waals surface area contributed by atoms with Crippen molar-refractivity contribution in [2.45, 2.75) is 58.2 Å². The van der Waals surface area contributed by atoms with Crippen LogP contribution in [0, 0.1) is 0 Å². The molecule has 0 radical (unpaired) electrons. The van der Waals surface area contributed by atoms with Crippen LogP contribution in [0.3, 0.4) is 0 Å². The van der Waals surface area contributed by atoms with E-state index in [1.165, 1.54) is 31.4 Å². The van der Waals surface area contributed by atoms with Gasteiger partial charge >= 0.3 is 0 Å². The summed E-state index contributed by atoms with van der Waals surface area (Å²) in [6.45, 7) is 7.67. The summed E-state index contributed by atoms with van der Waals surface area (Å²) in [5, 5.41) is 3.58. The Balaban J connectivity index is 1.85. The minimum atomic E-state index is 0.738. The first-order chi connectivity index (χ1) is 9.33. The monoisotopic (exact) mass is 261 g/mol. The van der Waals surface area contributed by atoms with Gasteiger partial charge in [-0.15, -0.1) is 0 Å². The maximum atomic E-state index is 4.45. The predicted molar refractivity (Wildman–Crippen MR) is 80.0 cm³/mol. The average molecular weight is 261 g/mol. The van der Waals surface area contributed by atoms with Crippen LogP contribution in [0.5, 0.6) is 0 Å². The second-order valence-corrected chi connectivity index (χ2v) is 5.45. The fourth-order valence-electron chi connectivity index (χ4n) is 3.13. The zero-order valence-electron chi connectivity index (χ0n) is 12.3. The molecular weight excluding hydrogens is 234 g/mol. The molecule has 0 aromatic carbocycles. The Labute approximate surface area is 117 Å². The van der Waals surface area contributed by atoms with Crippen molar-refractivity contribution in [2.75, 3.05) is 13.1 Å². The molecule has 1 heterocycles. The van der Waals surface area contributed by atoms with Gasteiger partial charge in [0.15, 0.2) is 0 Å². The summed E-state index contributed by atoms with van der Waals surface area (Å²) in [6.07, 6.45) is 7.16. The highest BCUT2D eigenvalue weighted by Crippen LogP contribution is 2.24. The summed E-state index contributed by atoms with van der Waals surface area (Å²) in [4.78, 5) is 7.04. The number of hydrogen-bond acceptors (Lipinski definition) is 3. The summed E-state index contributed by atoms with van der Waals surface area (Å²) in [5.74, 6) is 0. The molecule has 1 aromatic rings. The molecule has 0 atom stereocenters. The van der Waals surface area contributed by atoms with Gasteiger partial charge in [0.05, 0.1) is 5.69 Å². The van der Waals surface area contributed by atoms with Crippen LogP contribution in [0.4, 0.5) is 0 Å². The Morgan fingerprint density at radius 1 is 1.21 bits per heavy atom. The molecule has 106 valence electrons. The third-order valence-electron chi connectivity index (χ3n) is 4.20. The van der Waals surface area contributed by atoms with Gasteiger partial charge in [0.2, 0.25) is 0 Å². The minimum absolute atomic E-state index is 0.738. The highest BCUT2D eigenvalue weighted by atomic mass is 15.2. The molecule has 0 amide bonds. The van der Waals surface area contributed by atoms with E-state index in [-0.39, 0.29) is 0 Å². The molecule has 3 heteroatoms. The summed E-state index contributed by atoms with van der Waals surface area (Å²) < 4.78 is 0. The first kappa shape index (κ1) is 14.5. The van der Waals surface area contributed by atoms with E-state index >= 15 is 0 Å². The second kappa shape index (κ2) is 7.61.